The predicted molar refractivity (Wildman–Crippen MR) is 124 cm³/mol. The van der Waals surface area contributed by atoms with Gasteiger partial charge in [-0.1, -0.05) is 41.9 Å². The van der Waals surface area contributed by atoms with E-state index in [0.29, 0.717) is 5.56 Å². The number of non-ortho nitro benzene ring substituents is 1. The van der Waals surface area contributed by atoms with Crippen LogP contribution in [0.4, 0.5) is 5.69 Å². The Morgan fingerprint density at radius 1 is 1.12 bits per heavy atom. The predicted octanol–water partition coefficient (Wildman–Crippen LogP) is 5.30. The van der Waals surface area contributed by atoms with E-state index in [9.17, 15) is 25.0 Å². The lowest BCUT2D eigenvalue weighted by atomic mass is 9.94. The number of furan rings is 1. The van der Waals surface area contributed by atoms with Crippen LogP contribution in [-0.2, 0) is 16.1 Å². The molecule has 0 saturated heterocycles. The quantitative estimate of drug-likeness (QED) is 0.215. The fourth-order valence-electron chi connectivity index (χ4n) is 3.57. The van der Waals surface area contributed by atoms with Gasteiger partial charge >= 0.3 is 0 Å². The van der Waals surface area contributed by atoms with Gasteiger partial charge in [0.05, 0.1) is 16.5 Å². The van der Waals surface area contributed by atoms with Gasteiger partial charge in [-0.25, -0.2) is 0 Å². The molecule has 3 aromatic rings. The van der Waals surface area contributed by atoms with Crippen molar-refractivity contribution >= 4 is 35.2 Å². The summed E-state index contributed by atoms with van der Waals surface area (Å²) >= 11 is 6.19. The van der Waals surface area contributed by atoms with E-state index >= 15 is 0 Å². The van der Waals surface area contributed by atoms with Gasteiger partial charge in [-0.05, 0) is 42.3 Å². The average Bonchev–Trinajstić information content (AvgIpc) is 3.29. The number of amides is 2. The molecule has 8 nitrogen and oxygen atoms in total. The Kier molecular flexibility index (Phi) is 6.13. The van der Waals surface area contributed by atoms with E-state index in [0.717, 1.165) is 10.5 Å². The van der Waals surface area contributed by atoms with Crippen LogP contribution in [0.3, 0.4) is 0 Å². The highest BCUT2D eigenvalue weighted by atomic mass is 35.5. The SMILES string of the molecule is CC1=C(C#N)C(=O)N(Cc2ccccc2)C(=O)/C1=C/c1ccc(-c2cc([N+](=O)[O-])ccc2Cl)o1. The van der Waals surface area contributed by atoms with Gasteiger partial charge in [-0.3, -0.25) is 24.6 Å². The first-order valence-electron chi connectivity index (χ1n) is 10.1. The summed E-state index contributed by atoms with van der Waals surface area (Å²) in [7, 11) is 0. The van der Waals surface area contributed by atoms with Crippen molar-refractivity contribution in [3.8, 4) is 17.4 Å². The van der Waals surface area contributed by atoms with E-state index in [1.807, 2.05) is 12.1 Å². The molecule has 4 rings (SSSR count). The zero-order chi connectivity index (χ0) is 24.4. The number of imide groups is 1. The lowest BCUT2D eigenvalue weighted by molar-refractivity contribution is -0.384. The molecule has 1 aliphatic heterocycles. The molecule has 168 valence electrons. The van der Waals surface area contributed by atoms with Crippen LogP contribution in [0, 0.1) is 21.4 Å². The highest BCUT2D eigenvalue weighted by Crippen LogP contribution is 2.34. The number of rotatable bonds is 5. The summed E-state index contributed by atoms with van der Waals surface area (Å²) in [6.45, 7) is 1.54. The maximum absolute atomic E-state index is 13.2. The number of nitrogens with zero attached hydrogens (tertiary/aromatic N) is 3. The highest BCUT2D eigenvalue weighted by molar-refractivity contribution is 6.33. The number of hydrogen-bond acceptors (Lipinski definition) is 6. The van der Waals surface area contributed by atoms with E-state index < -0.39 is 16.7 Å². The largest absolute Gasteiger partial charge is 0.457 e. The minimum atomic E-state index is -0.658. The summed E-state index contributed by atoms with van der Waals surface area (Å²) in [5.74, 6) is -0.694. The Bertz CT molecular complexity index is 1430. The molecular weight excluding hydrogens is 458 g/mol. The fraction of sp³-hybridized carbons (Fsp3) is 0.0800. The monoisotopic (exact) mass is 473 g/mol. The molecule has 0 radical (unpaired) electrons. The third-order valence-electron chi connectivity index (χ3n) is 5.35. The average molecular weight is 474 g/mol. The molecule has 0 N–H and O–H groups in total. The van der Waals surface area contributed by atoms with E-state index in [-0.39, 0.29) is 45.5 Å². The van der Waals surface area contributed by atoms with Gasteiger partial charge < -0.3 is 4.42 Å². The Morgan fingerprint density at radius 3 is 2.53 bits per heavy atom. The number of carbonyl (C=O) groups is 2. The lowest BCUT2D eigenvalue weighted by Crippen LogP contribution is -2.42. The van der Waals surface area contributed by atoms with Crippen molar-refractivity contribution in [3.05, 3.63) is 104 Å². The van der Waals surface area contributed by atoms with Gasteiger partial charge in [0.25, 0.3) is 17.5 Å². The van der Waals surface area contributed by atoms with Crippen LogP contribution in [0.5, 0.6) is 0 Å². The molecule has 1 aromatic heterocycles. The Balaban J connectivity index is 1.73. The van der Waals surface area contributed by atoms with Gasteiger partial charge in [-0.2, -0.15) is 5.26 Å². The van der Waals surface area contributed by atoms with Crippen molar-refractivity contribution in [2.24, 2.45) is 0 Å². The topological polar surface area (TPSA) is 117 Å². The fourth-order valence-corrected chi connectivity index (χ4v) is 3.78. The number of benzene rings is 2. The van der Waals surface area contributed by atoms with Gasteiger partial charge in [0.2, 0.25) is 0 Å². The molecule has 0 saturated carbocycles. The highest BCUT2D eigenvalue weighted by Gasteiger charge is 2.35. The van der Waals surface area contributed by atoms with Gasteiger partial charge in [0.1, 0.15) is 23.2 Å². The van der Waals surface area contributed by atoms with Crippen molar-refractivity contribution in [2.45, 2.75) is 13.5 Å². The number of hydrogen-bond donors (Lipinski definition) is 0. The smallest absolute Gasteiger partial charge is 0.271 e. The minimum absolute atomic E-state index is 0.0149. The molecule has 0 aliphatic carbocycles. The standard InChI is InChI=1S/C25H16ClN3O5/c1-15-19(24(30)28(25(31)21(15)13-27)14-16-5-3-2-4-6-16)12-18-8-10-23(34-18)20-11-17(29(32)33)7-9-22(20)26/h2-12H,14H2,1H3/b19-12+. The Morgan fingerprint density at radius 2 is 1.85 bits per heavy atom. The van der Waals surface area contributed by atoms with E-state index in [2.05, 4.69) is 0 Å². The second-order valence-electron chi connectivity index (χ2n) is 7.48. The van der Waals surface area contributed by atoms with Gasteiger partial charge in [0.15, 0.2) is 0 Å². The number of nitro groups is 1. The van der Waals surface area contributed by atoms with Crippen LogP contribution in [-0.4, -0.2) is 21.6 Å². The normalized spacial score (nSPS) is 15.1. The van der Waals surface area contributed by atoms with Gasteiger partial charge in [0, 0.05) is 23.3 Å². The number of nitro benzene ring substituents is 1. The van der Waals surface area contributed by atoms with Crippen molar-refractivity contribution in [2.75, 3.05) is 0 Å². The first kappa shape index (κ1) is 22.7. The van der Waals surface area contributed by atoms with Crippen molar-refractivity contribution in [1.29, 1.82) is 5.26 Å². The zero-order valence-corrected chi connectivity index (χ0v) is 18.6. The molecule has 2 amide bonds. The number of halogens is 1. The van der Waals surface area contributed by atoms with Crippen LogP contribution in [0.25, 0.3) is 17.4 Å². The minimum Gasteiger partial charge on any atom is -0.457 e. The summed E-state index contributed by atoms with van der Waals surface area (Å²) in [6, 6.07) is 18.0. The van der Waals surface area contributed by atoms with Crippen molar-refractivity contribution < 1.29 is 18.9 Å². The summed E-state index contributed by atoms with van der Waals surface area (Å²) in [5.41, 5.74) is 1.16. The van der Waals surface area contributed by atoms with Crippen LogP contribution >= 0.6 is 11.6 Å². The molecule has 1 aliphatic rings. The Labute approximate surface area is 199 Å². The summed E-state index contributed by atoms with van der Waals surface area (Å²) < 4.78 is 5.79. The summed E-state index contributed by atoms with van der Waals surface area (Å²) in [4.78, 5) is 37.6. The maximum Gasteiger partial charge on any atom is 0.271 e. The molecule has 34 heavy (non-hydrogen) atoms. The molecule has 0 unspecified atom stereocenters. The van der Waals surface area contributed by atoms with E-state index in [1.54, 1.807) is 36.4 Å². The van der Waals surface area contributed by atoms with Crippen molar-refractivity contribution in [1.82, 2.24) is 4.90 Å². The van der Waals surface area contributed by atoms with Crippen LogP contribution in [0.15, 0.2) is 81.8 Å². The zero-order valence-electron chi connectivity index (χ0n) is 17.8. The van der Waals surface area contributed by atoms with Crippen molar-refractivity contribution in [3.63, 3.8) is 0 Å². The molecule has 0 fully saturated rings. The molecule has 9 heteroatoms. The molecule has 0 spiro atoms. The van der Waals surface area contributed by atoms with Crippen LogP contribution < -0.4 is 0 Å². The third-order valence-corrected chi connectivity index (χ3v) is 5.68. The first-order chi connectivity index (χ1) is 16.3. The van der Waals surface area contributed by atoms with Gasteiger partial charge in [-0.15, -0.1) is 0 Å². The van der Waals surface area contributed by atoms with E-state index in [4.69, 9.17) is 16.0 Å². The first-order valence-corrected chi connectivity index (χ1v) is 10.4. The third kappa shape index (κ3) is 4.25. The second-order valence-corrected chi connectivity index (χ2v) is 7.88. The summed E-state index contributed by atoms with van der Waals surface area (Å²) in [5, 5.41) is 20.9. The Hall–Kier alpha value is -4.48. The van der Waals surface area contributed by atoms with Crippen LogP contribution in [0.2, 0.25) is 5.02 Å². The number of nitriles is 1. The van der Waals surface area contributed by atoms with Crippen LogP contribution in [0.1, 0.15) is 18.2 Å². The van der Waals surface area contributed by atoms with E-state index in [1.165, 1.54) is 31.2 Å². The second kappa shape index (κ2) is 9.17. The lowest BCUT2D eigenvalue weighted by Gasteiger charge is -2.27. The molecule has 0 bridgehead atoms. The summed E-state index contributed by atoms with van der Waals surface area (Å²) in [6.07, 6.45) is 1.44. The molecule has 2 aromatic carbocycles. The maximum atomic E-state index is 13.2. The molecule has 0 atom stereocenters. The molecular formula is C25H16ClN3O5. The number of carbonyl (C=O) groups excluding carboxylic acids is 2. The molecule has 2 heterocycles.